The van der Waals surface area contributed by atoms with Crippen molar-refractivity contribution in [2.24, 2.45) is 0 Å². The number of furan rings is 1. The van der Waals surface area contributed by atoms with Crippen molar-refractivity contribution >= 4 is 47.4 Å². The summed E-state index contributed by atoms with van der Waals surface area (Å²) in [6.45, 7) is 16.5. The largest absolute Gasteiger partial charge is 0.455 e. The number of anilines is 6. The monoisotopic (exact) mass is 876 g/mol. The van der Waals surface area contributed by atoms with E-state index < -0.39 is 13.5 Å². The fourth-order valence-electron chi connectivity index (χ4n) is 10.6. The lowest BCUT2D eigenvalue weighted by Gasteiger charge is -2.31. The lowest BCUT2D eigenvalue weighted by atomic mass is 9.74. The van der Waals surface area contributed by atoms with Crippen LogP contribution in [0.25, 0.3) is 44.9 Å². The molecule has 0 aliphatic heterocycles. The Hall–Kier alpha value is -7.21. The first-order valence-corrected chi connectivity index (χ1v) is 26.5. The molecule has 0 saturated carbocycles. The molecule has 0 spiro atoms. The third-order valence-electron chi connectivity index (χ3n) is 14.0. The fourth-order valence-corrected chi connectivity index (χ4v) is 11.8. The lowest BCUT2D eigenvalue weighted by Crippen LogP contribution is -2.37. The van der Waals surface area contributed by atoms with Gasteiger partial charge in [-0.2, -0.15) is 0 Å². The van der Waals surface area contributed by atoms with Gasteiger partial charge in [-0.15, -0.1) is 0 Å². The average molecular weight is 877 g/mol. The summed E-state index contributed by atoms with van der Waals surface area (Å²) in [6, 6.07) is 67.5. The topological polar surface area (TPSA) is 19.6 Å². The summed E-state index contributed by atoms with van der Waals surface area (Å²) >= 11 is 0. The molecule has 0 fully saturated rings. The van der Waals surface area contributed by atoms with E-state index in [0.717, 1.165) is 78.9 Å². The Kier molecular flexibility index (Phi) is 9.72. The molecule has 11 rings (SSSR count). The van der Waals surface area contributed by atoms with Gasteiger partial charge in [0.05, 0.1) is 13.8 Å². The van der Waals surface area contributed by atoms with Crippen LogP contribution in [0.4, 0.5) is 38.5 Å². The number of para-hydroxylation sites is 2. The predicted octanol–water partition coefficient (Wildman–Crippen LogP) is 16.9. The SMILES string of the molecule is CC1(C)c2cc(N(c3ccccc3)c3ccc([Si](C)(C)C)cc3)ccc2-c2oc3c(c21)C(C)(C)c1cc(N(c2ccccc2)c2c(F)cc(-c4ccccc4)cc2-c2ccccc2)ccc1-3. The highest BCUT2D eigenvalue weighted by Crippen LogP contribution is 2.62. The molecule has 66 heavy (non-hydrogen) atoms. The number of hydrogen-bond acceptors (Lipinski definition) is 3. The zero-order chi connectivity index (χ0) is 45.5. The van der Waals surface area contributed by atoms with E-state index >= 15 is 4.39 Å². The van der Waals surface area contributed by atoms with Gasteiger partial charge < -0.3 is 14.2 Å². The first kappa shape index (κ1) is 41.5. The minimum atomic E-state index is -1.47. The van der Waals surface area contributed by atoms with E-state index in [2.05, 4.69) is 178 Å². The first-order valence-electron chi connectivity index (χ1n) is 23.0. The molecule has 8 aromatic carbocycles. The summed E-state index contributed by atoms with van der Waals surface area (Å²) in [6.07, 6.45) is 0. The third kappa shape index (κ3) is 6.67. The molecule has 2 aliphatic rings. The summed E-state index contributed by atoms with van der Waals surface area (Å²) < 4.78 is 24.5. The van der Waals surface area contributed by atoms with Gasteiger partial charge >= 0.3 is 0 Å². The smallest absolute Gasteiger partial charge is 0.148 e. The van der Waals surface area contributed by atoms with Crippen molar-refractivity contribution in [3.8, 4) is 44.9 Å². The Balaban J connectivity index is 1.02. The van der Waals surface area contributed by atoms with E-state index in [4.69, 9.17) is 4.42 Å². The minimum absolute atomic E-state index is 0.295. The molecule has 0 bridgehead atoms. The summed E-state index contributed by atoms with van der Waals surface area (Å²) in [5.74, 6) is 1.59. The van der Waals surface area contributed by atoms with Gasteiger partial charge in [-0.3, -0.25) is 0 Å². The molecule has 0 radical (unpaired) electrons. The second-order valence-electron chi connectivity index (χ2n) is 19.9. The van der Waals surface area contributed by atoms with Gasteiger partial charge in [0.1, 0.15) is 17.3 Å². The molecule has 0 atom stereocenters. The molecular weight excluding hydrogens is 824 g/mol. The maximum atomic E-state index is 17.3. The Morgan fingerprint density at radius 3 is 1.33 bits per heavy atom. The van der Waals surface area contributed by atoms with Crippen LogP contribution >= 0.6 is 0 Å². The summed E-state index contributed by atoms with van der Waals surface area (Å²) in [4.78, 5) is 4.46. The molecule has 9 aromatic rings. The van der Waals surface area contributed by atoms with Gasteiger partial charge in [-0.25, -0.2) is 4.39 Å². The summed E-state index contributed by atoms with van der Waals surface area (Å²) in [5, 5.41) is 1.44. The van der Waals surface area contributed by atoms with Crippen LogP contribution in [0, 0.1) is 5.82 Å². The van der Waals surface area contributed by atoms with Crippen molar-refractivity contribution in [2.45, 2.75) is 58.2 Å². The van der Waals surface area contributed by atoms with E-state index in [1.807, 2.05) is 66.7 Å². The quantitative estimate of drug-likeness (QED) is 0.135. The van der Waals surface area contributed by atoms with Gasteiger partial charge in [0.15, 0.2) is 0 Å². The van der Waals surface area contributed by atoms with Gasteiger partial charge in [0.25, 0.3) is 0 Å². The first-order chi connectivity index (χ1) is 31.8. The molecule has 3 nitrogen and oxygen atoms in total. The molecule has 324 valence electrons. The zero-order valence-electron chi connectivity index (χ0n) is 38.7. The highest BCUT2D eigenvalue weighted by atomic mass is 28.3. The normalized spacial score (nSPS) is 14.0. The Labute approximate surface area is 389 Å². The third-order valence-corrected chi connectivity index (χ3v) is 16.1. The molecule has 0 unspecified atom stereocenters. The summed E-state index contributed by atoms with van der Waals surface area (Å²) in [7, 11) is -1.47. The number of nitrogens with zero attached hydrogens (tertiary/aromatic N) is 2. The molecular formula is C61H53FN2OSi. The van der Waals surface area contributed by atoms with E-state index in [-0.39, 0.29) is 11.2 Å². The maximum Gasteiger partial charge on any atom is 0.148 e. The van der Waals surface area contributed by atoms with Crippen LogP contribution in [-0.2, 0) is 10.8 Å². The minimum Gasteiger partial charge on any atom is -0.455 e. The van der Waals surface area contributed by atoms with Crippen LogP contribution in [0.5, 0.6) is 0 Å². The number of rotatable bonds is 9. The standard InChI is InChI=1S/C61H53FN2OSi/c1-60(2)52-38-46(63(43-24-16-10-17-25-43)45-28-32-48(33-29-45)66(5,6)7)30-34-49(52)58-55(60)56-59(65-58)50-35-31-47(39-53(50)61(56,3)4)64(44-26-18-11-19-27-44)57-51(41-22-14-9-15-23-41)36-42(37-54(57)62)40-20-12-8-13-21-40/h8-39H,1-7H3. The number of hydrogen-bond donors (Lipinski definition) is 0. The van der Waals surface area contributed by atoms with Crippen molar-refractivity contribution < 1.29 is 8.81 Å². The molecule has 1 heterocycles. The highest BCUT2D eigenvalue weighted by molar-refractivity contribution is 6.88. The molecule has 5 heteroatoms. The zero-order valence-corrected chi connectivity index (χ0v) is 39.7. The number of benzene rings is 8. The Bertz CT molecular complexity index is 3280. The Morgan fingerprint density at radius 1 is 0.409 bits per heavy atom. The van der Waals surface area contributed by atoms with Gasteiger partial charge in [-0.05, 0) is 113 Å². The maximum absolute atomic E-state index is 17.3. The van der Waals surface area contributed by atoms with Gasteiger partial charge in [0, 0.05) is 67.1 Å². The fraction of sp³-hybridized carbons (Fsp3) is 0.148. The predicted molar refractivity (Wildman–Crippen MR) is 277 cm³/mol. The molecule has 1 aromatic heterocycles. The average Bonchev–Trinajstić information content (AvgIpc) is 3.91. The molecule has 0 saturated heterocycles. The Morgan fingerprint density at radius 2 is 0.833 bits per heavy atom. The van der Waals surface area contributed by atoms with E-state index in [9.17, 15) is 0 Å². The van der Waals surface area contributed by atoms with Crippen molar-refractivity contribution in [3.63, 3.8) is 0 Å². The number of fused-ring (bicyclic) bond motifs is 7. The molecule has 0 N–H and O–H groups in total. The van der Waals surface area contributed by atoms with Gasteiger partial charge in [-0.1, -0.05) is 162 Å². The lowest BCUT2D eigenvalue weighted by molar-refractivity contribution is 0.592. The second kappa shape index (κ2) is 15.5. The number of halogens is 1. The van der Waals surface area contributed by atoms with E-state index in [0.29, 0.717) is 5.69 Å². The molecule has 2 aliphatic carbocycles. The van der Waals surface area contributed by atoms with Crippen LogP contribution in [0.1, 0.15) is 49.9 Å². The second-order valence-corrected chi connectivity index (χ2v) is 25.0. The van der Waals surface area contributed by atoms with Crippen molar-refractivity contribution in [1.82, 2.24) is 0 Å². The van der Waals surface area contributed by atoms with Crippen LogP contribution in [0.3, 0.4) is 0 Å². The molecule has 0 amide bonds. The highest BCUT2D eigenvalue weighted by Gasteiger charge is 2.50. The summed E-state index contributed by atoms with van der Waals surface area (Å²) in [5.41, 5.74) is 15.5. The van der Waals surface area contributed by atoms with Crippen LogP contribution in [-0.4, -0.2) is 8.07 Å². The van der Waals surface area contributed by atoms with Crippen molar-refractivity contribution in [1.29, 1.82) is 0 Å². The van der Waals surface area contributed by atoms with Crippen molar-refractivity contribution in [3.05, 3.63) is 222 Å². The van der Waals surface area contributed by atoms with E-state index in [1.165, 1.54) is 21.9 Å². The van der Waals surface area contributed by atoms with E-state index in [1.54, 1.807) is 6.07 Å². The van der Waals surface area contributed by atoms with Crippen LogP contribution in [0.15, 0.2) is 199 Å². The van der Waals surface area contributed by atoms with Gasteiger partial charge in [0.2, 0.25) is 0 Å². The van der Waals surface area contributed by atoms with Crippen molar-refractivity contribution in [2.75, 3.05) is 9.80 Å². The van der Waals surface area contributed by atoms with Crippen LogP contribution < -0.4 is 15.0 Å². The van der Waals surface area contributed by atoms with Crippen LogP contribution in [0.2, 0.25) is 19.6 Å².